The van der Waals surface area contributed by atoms with E-state index in [-0.39, 0.29) is 42.0 Å². The molecule has 1 aliphatic carbocycles. The lowest BCUT2D eigenvalue weighted by Gasteiger charge is -2.39. The number of methoxy groups -OCH3 is 1. The van der Waals surface area contributed by atoms with Crippen molar-refractivity contribution in [2.24, 2.45) is 0 Å². The third kappa shape index (κ3) is 5.19. The molecule has 1 unspecified atom stereocenters. The molecule has 0 radical (unpaired) electrons. The Hall–Kier alpha value is -3.24. The van der Waals surface area contributed by atoms with E-state index < -0.39 is 12.6 Å². The molecule has 3 fully saturated rings. The molecule has 2 saturated heterocycles. The molecule has 206 valence electrons. The summed E-state index contributed by atoms with van der Waals surface area (Å²) in [6.45, 7) is -2.67. The van der Waals surface area contributed by atoms with Crippen LogP contribution in [0.5, 0.6) is 5.75 Å². The summed E-state index contributed by atoms with van der Waals surface area (Å²) in [6.07, 6.45) is 7.10. The Morgan fingerprint density at radius 1 is 1.18 bits per heavy atom. The molecule has 2 bridgehead atoms. The van der Waals surface area contributed by atoms with Crippen LogP contribution in [-0.4, -0.2) is 48.0 Å². The molecular weight excluding hydrogens is 532 g/mol. The number of hydrogen-bond donors (Lipinski definition) is 0. The summed E-state index contributed by atoms with van der Waals surface area (Å²) >= 11 is 6.37. The molecule has 6 rings (SSSR count). The van der Waals surface area contributed by atoms with E-state index in [1.807, 2.05) is 0 Å². The van der Waals surface area contributed by atoms with Crippen LogP contribution < -0.4 is 9.64 Å². The maximum atomic E-state index is 13.1. The summed E-state index contributed by atoms with van der Waals surface area (Å²) < 4.78 is 47.8. The van der Waals surface area contributed by atoms with E-state index in [1.54, 1.807) is 24.3 Å². The van der Waals surface area contributed by atoms with Crippen LogP contribution in [0.25, 0.3) is 11.3 Å². The number of para-hydroxylation sites is 1. The molecule has 2 aromatic heterocycles. The zero-order chi connectivity index (χ0) is 27.1. The van der Waals surface area contributed by atoms with Crippen LogP contribution in [0.1, 0.15) is 66.1 Å². The minimum absolute atomic E-state index is 0.00549. The van der Waals surface area contributed by atoms with Crippen molar-refractivity contribution in [3.05, 3.63) is 58.4 Å². The molecule has 3 aliphatic rings. The first-order valence-electron chi connectivity index (χ1n) is 13.1. The maximum absolute atomic E-state index is 13.1. The van der Waals surface area contributed by atoms with Crippen molar-refractivity contribution in [2.75, 3.05) is 12.0 Å². The molecule has 0 N–H and O–H groups in total. The number of halogens is 3. The van der Waals surface area contributed by atoms with E-state index in [2.05, 4.69) is 15.0 Å². The number of hydrogen-bond acceptors (Lipinski definition) is 8. The van der Waals surface area contributed by atoms with E-state index in [1.165, 1.54) is 19.4 Å². The van der Waals surface area contributed by atoms with Gasteiger partial charge in [-0.3, -0.25) is 0 Å². The van der Waals surface area contributed by atoms with E-state index in [0.29, 0.717) is 16.3 Å². The number of carbonyl (C=O) groups excluding carboxylic acids is 1. The van der Waals surface area contributed by atoms with Gasteiger partial charge in [0.25, 0.3) is 0 Å². The van der Waals surface area contributed by atoms with Gasteiger partial charge in [0.1, 0.15) is 23.0 Å². The smallest absolute Gasteiger partial charge is 0.387 e. The maximum Gasteiger partial charge on any atom is 0.387 e. The average Bonchev–Trinajstić information content (AvgIpc) is 3.63. The quantitative estimate of drug-likeness (QED) is 0.279. The van der Waals surface area contributed by atoms with Gasteiger partial charge >= 0.3 is 12.6 Å². The molecule has 3 aromatic rings. The summed E-state index contributed by atoms with van der Waals surface area (Å²) in [5, 5.41) is 4.58. The number of rotatable bonds is 9. The molecular formula is C28H28ClF2N3O5. The van der Waals surface area contributed by atoms with E-state index >= 15 is 0 Å². The predicted octanol–water partition coefficient (Wildman–Crippen LogP) is 6.37. The fourth-order valence-electron chi connectivity index (χ4n) is 5.86. The topological polar surface area (TPSA) is 86.9 Å². The zero-order valence-electron chi connectivity index (χ0n) is 21.3. The van der Waals surface area contributed by atoms with Crippen molar-refractivity contribution in [3.63, 3.8) is 0 Å². The summed E-state index contributed by atoms with van der Waals surface area (Å²) in [6, 6.07) is 8.80. The Bertz CT molecular complexity index is 1350. The van der Waals surface area contributed by atoms with Crippen molar-refractivity contribution in [2.45, 2.75) is 75.8 Å². The molecule has 11 heteroatoms. The van der Waals surface area contributed by atoms with E-state index in [0.717, 1.165) is 55.7 Å². The Kier molecular flexibility index (Phi) is 7.16. The number of carbonyl (C=O) groups is 1. The number of nitrogens with zero attached hydrogens (tertiary/aromatic N) is 3. The lowest BCUT2D eigenvalue weighted by Crippen LogP contribution is -2.46. The second kappa shape index (κ2) is 10.7. The minimum Gasteiger partial charge on any atom is -0.465 e. The van der Waals surface area contributed by atoms with Crippen LogP contribution in [0.4, 0.5) is 14.6 Å². The molecule has 1 aromatic carbocycles. The number of aromatic nitrogens is 2. The van der Waals surface area contributed by atoms with Crippen LogP contribution in [0.15, 0.2) is 41.1 Å². The number of fused-ring (bicyclic) bond motifs is 2. The first kappa shape index (κ1) is 26.0. The lowest BCUT2D eigenvalue weighted by atomic mass is 9.99. The predicted molar refractivity (Wildman–Crippen MR) is 138 cm³/mol. The summed E-state index contributed by atoms with van der Waals surface area (Å²) in [7, 11) is 1.31. The summed E-state index contributed by atoms with van der Waals surface area (Å²) in [4.78, 5) is 18.7. The molecule has 39 heavy (non-hydrogen) atoms. The van der Waals surface area contributed by atoms with Crippen LogP contribution in [0.2, 0.25) is 5.02 Å². The van der Waals surface area contributed by atoms with Crippen LogP contribution in [0, 0.1) is 0 Å². The summed E-state index contributed by atoms with van der Waals surface area (Å²) in [5.41, 5.74) is 1.98. The van der Waals surface area contributed by atoms with Crippen molar-refractivity contribution >= 4 is 23.4 Å². The second-order valence-corrected chi connectivity index (χ2v) is 10.6. The molecule has 0 spiro atoms. The number of ether oxygens (including phenoxy) is 3. The highest BCUT2D eigenvalue weighted by molar-refractivity contribution is 6.33. The number of alkyl halides is 2. The second-order valence-electron chi connectivity index (χ2n) is 10.2. The highest BCUT2D eigenvalue weighted by atomic mass is 35.5. The largest absolute Gasteiger partial charge is 0.465 e. The number of benzene rings is 1. The van der Waals surface area contributed by atoms with Crippen molar-refractivity contribution < 1.29 is 32.3 Å². The van der Waals surface area contributed by atoms with Crippen molar-refractivity contribution in [3.8, 4) is 17.0 Å². The average molecular weight is 560 g/mol. The van der Waals surface area contributed by atoms with Crippen molar-refractivity contribution in [1.82, 2.24) is 10.1 Å². The monoisotopic (exact) mass is 559 g/mol. The minimum atomic E-state index is -2.94. The first-order valence-corrected chi connectivity index (χ1v) is 13.5. The SMILES string of the molecule is COC(=O)c1cnc(N2[C@@H]3CC[C@H]2CC(OCc2c(-c4ccccc4OC(F)F)noc2C2CC2)C3)cc1Cl. The molecule has 3 atom stereocenters. The molecule has 0 amide bonds. The van der Waals surface area contributed by atoms with Gasteiger partial charge in [-0.25, -0.2) is 9.78 Å². The number of pyridine rings is 1. The van der Waals surface area contributed by atoms with Crippen LogP contribution >= 0.6 is 11.6 Å². The highest BCUT2D eigenvalue weighted by Gasteiger charge is 2.42. The third-order valence-electron chi connectivity index (χ3n) is 7.79. The molecule has 8 nitrogen and oxygen atoms in total. The van der Waals surface area contributed by atoms with E-state index in [4.69, 9.17) is 30.3 Å². The first-order chi connectivity index (χ1) is 18.9. The zero-order valence-corrected chi connectivity index (χ0v) is 22.1. The van der Waals surface area contributed by atoms with Gasteiger partial charge in [0.05, 0.1) is 30.4 Å². The molecule has 4 heterocycles. The van der Waals surface area contributed by atoms with Gasteiger partial charge in [-0.2, -0.15) is 8.78 Å². The van der Waals surface area contributed by atoms with Gasteiger partial charge in [0, 0.05) is 41.4 Å². The fourth-order valence-corrected chi connectivity index (χ4v) is 6.08. The molecule has 2 aliphatic heterocycles. The number of esters is 1. The molecule has 1 saturated carbocycles. The fraction of sp³-hybridized carbons (Fsp3) is 0.464. The Balaban J connectivity index is 1.18. The Morgan fingerprint density at radius 2 is 1.92 bits per heavy atom. The Morgan fingerprint density at radius 3 is 2.59 bits per heavy atom. The van der Waals surface area contributed by atoms with E-state index in [9.17, 15) is 13.6 Å². The highest BCUT2D eigenvalue weighted by Crippen LogP contribution is 2.46. The van der Waals surface area contributed by atoms with Gasteiger partial charge in [-0.15, -0.1) is 0 Å². The third-order valence-corrected chi connectivity index (χ3v) is 8.10. The van der Waals surface area contributed by atoms with Gasteiger partial charge < -0.3 is 23.6 Å². The summed E-state index contributed by atoms with van der Waals surface area (Å²) in [5.74, 6) is 1.32. The van der Waals surface area contributed by atoms with Gasteiger partial charge in [0.2, 0.25) is 0 Å². The van der Waals surface area contributed by atoms with Crippen molar-refractivity contribution in [1.29, 1.82) is 0 Å². The van der Waals surface area contributed by atoms with Gasteiger partial charge in [-0.05, 0) is 50.7 Å². The normalized spacial score (nSPS) is 22.4. The van der Waals surface area contributed by atoms with Crippen LogP contribution in [-0.2, 0) is 16.1 Å². The Labute approximate surface area is 229 Å². The van der Waals surface area contributed by atoms with Gasteiger partial charge in [-0.1, -0.05) is 28.9 Å². The van der Waals surface area contributed by atoms with Gasteiger partial charge in [0.15, 0.2) is 0 Å². The standard InChI is InChI=1S/C28H28ClF2N3O5/c1-36-27(35)20-13-32-24(12-22(20)29)34-16-8-9-17(34)11-18(10-16)37-14-21-25(33-39-26(21)15-6-7-15)19-4-2-3-5-23(19)38-28(30)31/h2-5,12-13,15-18,28H,6-11,14H2,1H3/t16-,17+,18?. The number of piperidine rings is 1. The lowest BCUT2D eigenvalue weighted by molar-refractivity contribution is -0.0494. The van der Waals surface area contributed by atoms with Crippen LogP contribution in [0.3, 0.4) is 0 Å². The number of anilines is 1.